The Morgan fingerprint density at radius 2 is 1.69 bits per heavy atom. The van der Waals surface area contributed by atoms with Crippen LogP contribution >= 0.6 is 0 Å². The number of carbonyl (C=O) groups excluding carboxylic acids is 4. The molecule has 7 nitrogen and oxygen atoms in total. The third-order valence-electron chi connectivity index (χ3n) is 6.45. The van der Waals surface area contributed by atoms with Gasteiger partial charge in [-0.15, -0.1) is 0 Å². The molecule has 2 fully saturated rings. The highest BCUT2D eigenvalue weighted by atomic mass is 16.5. The van der Waals surface area contributed by atoms with Crippen molar-refractivity contribution in [1.29, 1.82) is 0 Å². The van der Waals surface area contributed by atoms with Crippen molar-refractivity contribution >= 4 is 35.1 Å². The Bertz CT molecular complexity index is 1140. The molecule has 1 aliphatic heterocycles. The summed E-state index contributed by atoms with van der Waals surface area (Å²) in [6, 6.07) is 13.5. The molecule has 1 saturated carbocycles. The predicted octanol–water partition coefficient (Wildman–Crippen LogP) is 3.10. The second kappa shape index (κ2) is 7.75. The molecule has 0 unspecified atom stereocenters. The molecule has 0 aromatic heterocycles. The molecule has 2 aliphatic carbocycles. The molecular formula is C25H22N2O5. The zero-order valence-electron chi connectivity index (χ0n) is 17.5. The summed E-state index contributed by atoms with van der Waals surface area (Å²) < 4.78 is 5.13. The number of fused-ring (bicyclic) bond motifs is 5. The lowest BCUT2D eigenvalue weighted by Crippen LogP contribution is -2.33. The summed E-state index contributed by atoms with van der Waals surface area (Å²) in [7, 11) is 0. The number of aryl methyl sites for hydroxylation is 1. The van der Waals surface area contributed by atoms with Crippen LogP contribution in [0.2, 0.25) is 0 Å². The van der Waals surface area contributed by atoms with Crippen LogP contribution in [0.25, 0.3) is 0 Å². The first-order chi connectivity index (χ1) is 15.4. The minimum atomic E-state index is -0.702. The average Bonchev–Trinajstić information content (AvgIpc) is 3.46. The number of amides is 3. The smallest absolute Gasteiger partial charge is 0.338 e. The van der Waals surface area contributed by atoms with Gasteiger partial charge in [0.05, 0.1) is 23.1 Å². The molecule has 2 aromatic carbocycles. The molecule has 2 aromatic rings. The summed E-state index contributed by atoms with van der Waals surface area (Å²) in [6.45, 7) is 1.46. The first kappa shape index (κ1) is 20.2. The number of anilines is 2. The molecule has 1 saturated heterocycles. The molecule has 32 heavy (non-hydrogen) atoms. The second-order valence-corrected chi connectivity index (χ2v) is 8.56. The molecule has 7 heteroatoms. The largest absolute Gasteiger partial charge is 0.452 e. The number of hydrogen-bond donors (Lipinski definition) is 1. The lowest BCUT2D eigenvalue weighted by molar-refractivity contribution is -0.123. The van der Waals surface area contributed by atoms with Crippen LogP contribution in [0.4, 0.5) is 11.4 Å². The van der Waals surface area contributed by atoms with Gasteiger partial charge in [-0.2, -0.15) is 0 Å². The van der Waals surface area contributed by atoms with Gasteiger partial charge in [0, 0.05) is 5.69 Å². The molecule has 1 N–H and O–H groups in total. The lowest BCUT2D eigenvalue weighted by atomic mass is 9.85. The van der Waals surface area contributed by atoms with E-state index in [0.717, 1.165) is 12.0 Å². The second-order valence-electron chi connectivity index (χ2n) is 8.56. The maximum absolute atomic E-state index is 13.0. The van der Waals surface area contributed by atoms with E-state index in [-0.39, 0.29) is 41.0 Å². The van der Waals surface area contributed by atoms with E-state index in [1.807, 2.05) is 37.3 Å². The summed E-state index contributed by atoms with van der Waals surface area (Å²) in [6.07, 6.45) is 4.93. The number of hydrogen-bond acceptors (Lipinski definition) is 5. The molecule has 0 radical (unpaired) electrons. The first-order valence-electron chi connectivity index (χ1n) is 10.6. The fourth-order valence-corrected chi connectivity index (χ4v) is 5.06. The van der Waals surface area contributed by atoms with Crippen LogP contribution in [-0.4, -0.2) is 30.3 Å². The van der Waals surface area contributed by atoms with Crippen LogP contribution in [0.1, 0.15) is 22.3 Å². The number of esters is 1. The van der Waals surface area contributed by atoms with Crippen LogP contribution in [0.5, 0.6) is 0 Å². The van der Waals surface area contributed by atoms with Crippen molar-refractivity contribution < 1.29 is 23.9 Å². The van der Waals surface area contributed by atoms with Gasteiger partial charge < -0.3 is 10.1 Å². The van der Waals surface area contributed by atoms with Gasteiger partial charge in [0.1, 0.15) is 0 Å². The summed E-state index contributed by atoms with van der Waals surface area (Å²) >= 11 is 0. The first-order valence-corrected chi connectivity index (χ1v) is 10.6. The van der Waals surface area contributed by atoms with Gasteiger partial charge in [-0.3, -0.25) is 14.4 Å². The van der Waals surface area contributed by atoms with Crippen molar-refractivity contribution in [3.63, 3.8) is 0 Å². The quantitative estimate of drug-likeness (QED) is 0.447. The van der Waals surface area contributed by atoms with Crippen molar-refractivity contribution in [2.75, 3.05) is 16.8 Å². The van der Waals surface area contributed by atoms with E-state index in [4.69, 9.17) is 4.74 Å². The molecule has 1 heterocycles. The number of ether oxygens (including phenoxy) is 1. The van der Waals surface area contributed by atoms with E-state index < -0.39 is 18.5 Å². The fourth-order valence-electron chi connectivity index (χ4n) is 5.06. The SMILES string of the molecule is Cc1cccc(NC(=O)COC(=O)c2cccc(N3C(=O)[C@@H]4[C@@H](C3=O)[C@H]3C=C[C@H]4C3)c2)c1. The Hall–Kier alpha value is -3.74. The molecule has 4 atom stereocenters. The van der Waals surface area contributed by atoms with Gasteiger partial charge in [0.25, 0.3) is 5.91 Å². The standard InChI is InChI=1S/C25H22N2O5/c1-14-4-2-6-18(10-14)26-20(28)13-32-25(31)17-5-3-7-19(12-17)27-23(29)21-15-8-9-16(11-15)22(21)24(27)30/h2-10,12,15-16,21-22H,11,13H2,1H3,(H,26,28)/t15-,16-,21-,22-/m0/s1. The summed E-state index contributed by atoms with van der Waals surface area (Å²) in [5.74, 6) is -1.96. The van der Waals surface area contributed by atoms with Crippen LogP contribution in [-0.2, 0) is 19.1 Å². The van der Waals surface area contributed by atoms with Gasteiger partial charge in [-0.1, -0.05) is 30.4 Å². The van der Waals surface area contributed by atoms with Gasteiger partial charge >= 0.3 is 5.97 Å². The maximum Gasteiger partial charge on any atom is 0.338 e. The molecule has 5 rings (SSSR count). The maximum atomic E-state index is 13.0. The minimum Gasteiger partial charge on any atom is -0.452 e. The number of benzene rings is 2. The third-order valence-corrected chi connectivity index (χ3v) is 6.45. The van der Waals surface area contributed by atoms with E-state index in [0.29, 0.717) is 11.4 Å². The van der Waals surface area contributed by atoms with E-state index >= 15 is 0 Å². The lowest BCUT2D eigenvalue weighted by Gasteiger charge is -2.18. The molecule has 2 bridgehead atoms. The number of imide groups is 1. The number of rotatable bonds is 5. The molecule has 162 valence electrons. The van der Waals surface area contributed by atoms with Gasteiger partial charge in [0.2, 0.25) is 11.8 Å². The minimum absolute atomic E-state index is 0.117. The highest BCUT2D eigenvalue weighted by molar-refractivity contribution is 6.23. The van der Waals surface area contributed by atoms with Gasteiger partial charge in [0.15, 0.2) is 6.61 Å². The number of carbonyl (C=O) groups is 4. The van der Waals surface area contributed by atoms with E-state index in [9.17, 15) is 19.2 Å². The molecule has 3 amide bonds. The Balaban J connectivity index is 1.25. The van der Waals surface area contributed by atoms with E-state index in [2.05, 4.69) is 5.32 Å². The van der Waals surface area contributed by atoms with Crippen molar-refractivity contribution in [2.24, 2.45) is 23.7 Å². The Kier molecular flexibility index (Phi) is 4.89. The van der Waals surface area contributed by atoms with Crippen molar-refractivity contribution in [2.45, 2.75) is 13.3 Å². The Morgan fingerprint density at radius 1 is 1.00 bits per heavy atom. The van der Waals surface area contributed by atoms with Crippen LogP contribution < -0.4 is 10.2 Å². The Labute approximate surface area is 185 Å². The van der Waals surface area contributed by atoms with Crippen LogP contribution in [0, 0.1) is 30.6 Å². The monoisotopic (exact) mass is 430 g/mol. The Morgan fingerprint density at radius 3 is 2.38 bits per heavy atom. The zero-order valence-corrected chi connectivity index (χ0v) is 17.5. The van der Waals surface area contributed by atoms with Crippen molar-refractivity contribution in [3.05, 3.63) is 71.8 Å². The van der Waals surface area contributed by atoms with Gasteiger partial charge in [-0.25, -0.2) is 9.69 Å². The highest BCUT2D eigenvalue weighted by Gasteiger charge is 2.59. The number of allylic oxidation sites excluding steroid dienone is 2. The summed E-state index contributed by atoms with van der Waals surface area (Å²) in [5.41, 5.74) is 2.14. The third kappa shape index (κ3) is 3.39. The summed E-state index contributed by atoms with van der Waals surface area (Å²) in [4.78, 5) is 51.8. The topological polar surface area (TPSA) is 92.8 Å². The van der Waals surface area contributed by atoms with Crippen molar-refractivity contribution in [3.8, 4) is 0 Å². The van der Waals surface area contributed by atoms with Gasteiger partial charge in [-0.05, 0) is 61.1 Å². The zero-order chi connectivity index (χ0) is 22.4. The average molecular weight is 430 g/mol. The number of nitrogens with zero attached hydrogens (tertiary/aromatic N) is 1. The normalized spacial score (nSPS) is 25.2. The molecule has 0 spiro atoms. The van der Waals surface area contributed by atoms with Crippen LogP contribution in [0.15, 0.2) is 60.7 Å². The highest BCUT2D eigenvalue weighted by Crippen LogP contribution is 2.53. The molecule has 3 aliphatic rings. The van der Waals surface area contributed by atoms with Crippen molar-refractivity contribution in [1.82, 2.24) is 0 Å². The number of nitrogens with one attached hydrogen (secondary N) is 1. The summed E-state index contributed by atoms with van der Waals surface area (Å²) in [5, 5.41) is 2.67. The predicted molar refractivity (Wildman–Crippen MR) is 117 cm³/mol. The van der Waals surface area contributed by atoms with E-state index in [1.165, 1.54) is 17.0 Å². The van der Waals surface area contributed by atoms with E-state index in [1.54, 1.807) is 18.2 Å². The fraction of sp³-hybridized carbons (Fsp3) is 0.280. The van der Waals surface area contributed by atoms with Crippen LogP contribution in [0.3, 0.4) is 0 Å². The molecular weight excluding hydrogens is 408 g/mol.